The lowest BCUT2D eigenvalue weighted by atomic mass is 9.44. The highest BCUT2D eigenvalue weighted by Gasteiger charge is 2.79. The molecular weight excluding hydrogens is 1110 g/mol. The average molecular weight is 1160 g/mol. The number of aliphatic hydroxyl groups excluding tert-OH is 1. The minimum absolute atomic E-state index is 0.0348. The van der Waals surface area contributed by atoms with E-state index in [0.29, 0.717) is 0 Å². The van der Waals surface area contributed by atoms with Crippen molar-refractivity contribution in [3.8, 4) is 0 Å². The monoisotopic (exact) mass is 1160 g/mol. The molecule has 2 bridgehead atoms. The number of rotatable bonds is 13. The Hall–Kier alpha value is -4.89. The van der Waals surface area contributed by atoms with Gasteiger partial charge in [0.2, 0.25) is 7.59 Å². The molecule has 3 aromatic carbocycles. The minimum atomic E-state index is -2.65. The molecule has 1 aliphatic heterocycles. The Morgan fingerprint density at radius 2 is 1.31 bits per heavy atom. The van der Waals surface area contributed by atoms with Crippen molar-refractivity contribution in [3.63, 3.8) is 0 Å². The molecule has 1 amide bonds. The molecule has 0 aromatic heterocycles. The lowest BCUT2D eigenvalue weighted by Gasteiger charge is -2.67. The Morgan fingerprint density at radius 1 is 0.773 bits per heavy atom. The van der Waals surface area contributed by atoms with Crippen molar-refractivity contribution in [1.82, 2.24) is 5.32 Å². The molecule has 24 heteroatoms. The lowest BCUT2D eigenvalue weighted by molar-refractivity contribution is -0.346. The third kappa shape index (κ3) is 11.8. The zero-order valence-corrected chi connectivity index (χ0v) is 45.1. The van der Waals surface area contributed by atoms with Gasteiger partial charge in [0.05, 0.1) is 29.5 Å². The summed E-state index contributed by atoms with van der Waals surface area (Å²) < 4.78 is 42.6. The SMILES string of the molecule is CC(=O)O[C@@]12CO[C@@H]1C[C@H](OC(=O)OCC(Cl)(Cl)Cl)[C@@]1(C)C(=O)[C@H](OC(=O)OCC(Cl)(Cl)Cl)C3=C(C)[C@@H](OC(=O)[C@@H](O)[C@H](NC(=O)c4ccccc4)c4ccccc4)C[C@@](O)([C@@H](OC(=O)c4ccccc4)[C@H]21)C3(C)C. The van der Waals surface area contributed by atoms with Crippen LogP contribution in [0.1, 0.15) is 79.8 Å². The van der Waals surface area contributed by atoms with E-state index >= 15 is 4.79 Å². The normalized spacial score (nSPS) is 28.7. The predicted octanol–water partition coefficient (Wildman–Crippen LogP) is 8.23. The number of hydrogen-bond donors (Lipinski definition) is 3. The fraction of sp³-hybridized carbons (Fsp3) is 0.471. The number of amides is 1. The summed E-state index contributed by atoms with van der Waals surface area (Å²) in [6, 6.07) is 22.1. The van der Waals surface area contributed by atoms with Gasteiger partial charge in [-0.05, 0) is 54.8 Å². The second-order valence-corrected chi connectivity index (χ2v) is 24.3. The summed E-state index contributed by atoms with van der Waals surface area (Å²) in [7, 11) is 0. The number of alkyl halides is 6. The summed E-state index contributed by atoms with van der Waals surface area (Å²) in [6.07, 6.45) is -15.5. The van der Waals surface area contributed by atoms with Gasteiger partial charge in [-0.3, -0.25) is 14.4 Å². The van der Waals surface area contributed by atoms with Gasteiger partial charge >= 0.3 is 30.2 Å². The van der Waals surface area contributed by atoms with Crippen molar-refractivity contribution in [1.29, 1.82) is 0 Å². The third-order valence-corrected chi connectivity index (χ3v) is 15.0. The highest BCUT2D eigenvalue weighted by molar-refractivity contribution is 6.68. The van der Waals surface area contributed by atoms with E-state index in [1.807, 2.05) is 0 Å². The molecular formula is C51H51Cl6NO17. The number of nitrogens with one attached hydrogen (secondary N) is 1. The molecule has 11 atom stereocenters. The summed E-state index contributed by atoms with van der Waals surface area (Å²) in [5.74, 6) is -6.99. The van der Waals surface area contributed by atoms with Crippen LogP contribution in [-0.2, 0) is 52.3 Å². The minimum Gasteiger partial charge on any atom is -0.456 e. The molecule has 2 saturated carbocycles. The molecule has 7 rings (SSSR count). The number of esters is 3. The third-order valence-electron chi connectivity index (χ3n) is 14.3. The molecule has 4 aliphatic rings. The number of benzene rings is 3. The number of carbonyl (C=O) groups is 7. The fourth-order valence-electron chi connectivity index (χ4n) is 10.7. The van der Waals surface area contributed by atoms with Gasteiger partial charge < -0.3 is 53.4 Å². The highest BCUT2D eigenvalue weighted by atomic mass is 35.6. The van der Waals surface area contributed by atoms with Crippen LogP contribution in [0.15, 0.2) is 102 Å². The second kappa shape index (κ2) is 22.2. The fourth-order valence-corrected chi connectivity index (χ4v) is 11.1. The smallest absolute Gasteiger partial charge is 0.456 e. The van der Waals surface area contributed by atoms with E-state index in [1.54, 1.807) is 54.6 Å². The maximum absolute atomic E-state index is 16.3. The molecule has 3 fully saturated rings. The van der Waals surface area contributed by atoms with E-state index in [1.165, 1.54) is 64.1 Å². The molecule has 18 nitrogen and oxygen atoms in total. The van der Waals surface area contributed by atoms with Gasteiger partial charge in [-0.1, -0.05) is 150 Å². The van der Waals surface area contributed by atoms with Crippen LogP contribution in [0, 0.1) is 16.7 Å². The number of hydrogen-bond acceptors (Lipinski definition) is 17. The molecule has 75 heavy (non-hydrogen) atoms. The molecule has 0 unspecified atom stereocenters. The first-order chi connectivity index (χ1) is 35.0. The zero-order valence-electron chi connectivity index (χ0n) is 40.6. The topological polar surface area (TPSA) is 246 Å². The number of Topliss-reactive ketones (excluding diaryl/α,β-unsaturated/α-hetero) is 1. The van der Waals surface area contributed by atoms with Gasteiger partial charge in [0.1, 0.15) is 43.2 Å². The van der Waals surface area contributed by atoms with Crippen LogP contribution in [0.4, 0.5) is 9.59 Å². The van der Waals surface area contributed by atoms with E-state index < -0.39 is 153 Å². The van der Waals surface area contributed by atoms with Crippen molar-refractivity contribution in [2.45, 2.75) is 109 Å². The Balaban J connectivity index is 1.44. The van der Waals surface area contributed by atoms with Crippen LogP contribution >= 0.6 is 69.6 Å². The maximum Gasteiger partial charge on any atom is 0.509 e. The molecule has 0 spiro atoms. The van der Waals surface area contributed by atoms with Gasteiger partial charge in [0.15, 0.2) is 23.6 Å². The zero-order chi connectivity index (χ0) is 55.1. The predicted molar refractivity (Wildman–Crippen MR) is 269 cm³/mol. The van der Waals surface area contributed by atoms with E-state index in [-0.39, 0.29) is 27.8 Å². The van der Waals surface area contributed by atoms with Crippen LogP contribution in [0.25, 0.3) is 0 Å². The van der Waals surface area contributed by atoms with E-state index in [9.17, 15) is 39.0 Å². The summed E-state index contributed by atoms with van der Waals surface area (Å²) in [4.78, 5) is 100. The van der Waals surface area contributed by atoms with Gasteiger partial charge in [-0.15, -0.1) is 0 Å². The molecule has 3 aliphatic carbocycles. The molecule has 0 radical (unpaired) electrons. The Morgan fingerprint density at radius 3 is 1.83 bits per heavy atom. The van der Waals surface area contributed by atoms with Crippen molar-refractivity contribution < 1.29 is 81.7 Å². The Labute approximate surface area is 460 Å². The quantitative estimate of drug-likeness (QED) is 0.0631. The highest BCUT2D eigenvalue weighted by Crippen LogP contribution is 2.65. The van der Waals surface area contributed by atoms with E-state index in [4.69, 9.17) is 108 Å². The number of carbonyl (C=O) groups excluding carboxylic acids is 7. The number of ketones is 1. The van der Waals surface area contributed by atoms with Crippen LogP contribution < -0.4 is 5.32 Å². The summed E-state index contributed by atoms with van der Waals surface area (Å²) in [5.41, 5.74) is -8.89. The van der Waals surface area contributed by atoms with Gasteiger partial charge in [0.25, 0.3) is 5.91 Å². The van der Waals surface area contributed by atoms with Crippen LogP contribution in [0.3, 0.4) is 0 Å². The van der Waals surface area contributed by atoms with E-state index in [0.717, 1.165) is 6.92 Å². The second-order valence-electron chi connectivity index (χ2n) is 19.3. The van der Waals surface area contributed by atoms with Crippen LogP contribution in [0.5, 0.6) is 0 Å². The first kappa shape index (κ1) is 57.8. The van der Waals surface area contributed by atoms with Crippen molar-refractivity contribution in [2.75, 3.05) is 19.8 Å². The number of aliphatic hydroxyl groups is 2. The van der Waals surface area contributed by atoms with Crippen molar-refractivity contribution >= 4 is 112 Å². The molecule has 3 N–H and O–H groups in total. The summed E-state index contributed by atoms with van der Waals surface area (Å²) in [5, 5.41) is 28.7. The Kier molecular flexibility index (Phi) is 17.1. The van der Waals surface area contributed by atoms with Crippen LogP contribution in [0.2, 0.25) is 0 Å². The van der Waals surface area contributed by atoms with Crippen LogP contribution in [-0.4, -0.2) is 127 Å². The maximum atomic E-state index is 16.3. The summed E-state index contributed by atoms with van der Waals surface area (Å²) >= 11 is 35.4. The first-order valence-electron chi connectivity index (χ1n) is 23.2. The lowest BCUT2D eigenvalue weighted by Crippen LogP contribution is -2.82. The van der Waals surface area contributed by atoms with E-state index in [2.05, 4.69) is 5.32 Å². The Bertz CT molecular complexity index is 2700. The number of halogens is 6. The average Bonchev–Trinajstić information content (AvgIpc) is 3.34. The van der Waals surface area contributed by atoms with Crippen molar-refractivity contribution in [3.05, 3.63) is 119 Å². The molecule has 1 saturated heterocycles. The standard InChI is InChI=1S/C51H51Cl6NO17/c1-26-31(71-43(64)36(60)35(28-15-9-6-10-16-28)58-41(62)29-17-11-7-12-18-29)22-49(67)40(74-42(63)30-19-13-8-14-20-30)38-47(5,39(61)37(34(26)46(49,3)4)73-45(66)70-25-51(55,56)57)32(72-44(65)69-24-50(52,53)54)21-33-48(38,23-68-33)75-27(2)59/h6-20,31-33,35-38,40,60,67H,21-25H2,1-5H3,(H,58,62)/t31-,32-,33+,35+,36-,37+,38-,40-,47+,48-,49+/m0/s1. The molecule has 404 valence electrons. The number of fused-ring (bicyclic) bond motifs is 5. The molecule has 3 aromatic rings. The summed E-state index contributed by atoms with van der Waals surface area (Å²) in [6.45, 7) is 4.35. The van der Waals surface area contributed by atoms with Crippen molar-refractivity contribution in [2.24, 2.45) is 16.7 Å². The van der Waals surface area contributed by atoms with Gasteiger partial charge in [0, 0.05) is 30.7 Å². The number of ether oxygens (including phenoxy) is 8. The molecule has 1 heterocycles. The largest absolute Gasteiger partial charge is 0.509 e. The van der Waals surface area contributed by atoms with Gasteiger partial charge in [-0.25, -0.2) is 19.2 Å². The first-order valence-corrected chi connectivity index (χ1v) is 25.5. The van der Waals surface area contributed by atoms with Gasteiger partial charge in [-0.2, -0.15) is 0 Å².